The third kappa shape index (κ3) is 1.37. The van der Waals surface area contributed by atoms with Gasteiger partial charge in [0.2, 0.25) is 6.10 Å². The van der Waals surface area contributed by atoms with Gasteiger partial charge in [-0.1, -0.05) is 6.07 Å². The molecule has 0 amide bonds. The number of para-hydroxylation sites is 1. The summed E-state index contributed by atoms with van der Waals surface area (Å²) in [6.07, 6.45) is -0.954. The monoisotopic (exact) mass is 197 g/mol. The zero-order chi connectivity index (χ0) is 10.1. The number of ether oxygens (including phenoxy) is 1. The van der Waals surface area contributed by atoms with Gasteiger partial charge in [-0.3, -0.25) is 0 Å². The fraction of sp³-hybridized carbons (Fsp3) is 0.222. The zero-order valence-corrected chi connectivity index (χ0v) is 7.16. The number of anilines is 1. The van der Waals surface area contributed by atoms with Crippen LogP contribution in [0.2, 0.25) is 0 Å². The van der Waals surface area contributed by atoms with Gasteiger partial charge in [0.25, 0.3) is 0 Å². The molecule has 1 atom stereocenters. The molecule has 0 aliphatic carbocycles. The van der Waals surface area contributed by atoms with Gasteiger partial charge < -0.3 is 15.2 Å². The Balaban J connectivity index is 2.31. The summed E-state index contributed by atoms with van der Waals surface area (Å²) in [4.78, 5) is 10.6. The van der Waals surface area contributed by atoms with Crippen molar-refractivity contribution in [3.63, 3.8) is 0 Å². The van der Waals surface area contributed by atoms with Crippen LogP contribution in [0.1, 0.15) is 0 Å². The van der Waals surface area contributed by atoms with Gasteiger partial charge in [-0.2, -0.15) is 0 Å². The standard InChI is InChI=1S/C9H8FNO3/c10-5-2-1-3-6-8(5)11-4-7(14-6)9(12)13/h1-3,7,11H,4H2,(H,12,13). The fourth-order valence-electron chi connectivity index (χ4n) is 1.30. The number of benzene rings is 1. The van der Waals surface area contributed by atoms with Gasteiger partial charge in [0, 0.05) is 0 Å². The predicted molar refractivity (Wildman–Crippen MR) is 46.9 cm³/mol. The number of hydrogen-bond donors (Lipinski definition) is 2. The Morgan fingerprint density at radius 2 is 2.43 bits per heavy atom. The summed E-state index contributed by atoms with van der Waals surface area (Å²) in [5.74, 6) is -1.26. The van der Waals surface area contributed by atoms with Crippen molar-refractivity contribution in [2.24, 2.45) is 0 Å². The van der Waals surface area contributed by atoms with E-state index >= 15 is 0 Å². The number of carboxylic acid groups (broad SMARTS) is 1. The zero-order valence-electron chi connectivity index (χ0n) is 7.16. The first-order chi connectivity index (χ1) is 6.68. The van der Waals surface area contributed by atoms with Crippen LogP contribution in [-0.4, -0.2) is 23.7 Å². The van der Waals surface area contributed by atoms with E-state index in [1.165, 1.54) is 18.2 Å². The van der Waals surface area contributed by atoms with Crippen molar-refractivity contribution in [3.8, 4) is 5.75 Å². The van der Waals surface area contributed by atoms with Crippen LogP contribution in [0.25, 0.3) is 0 Å². The maximum atomic E-state index is 13.1. The molecule has 1 unspecified atom stereocenters. The second-order valence-electron chi connectivity index (χ2n) is 2.94. The van der Waals surface area contributed by atoms with Crippen LogP contribution in [0.5, 0.6) is 5.75 Å². The second-order valence-corrected chi connectivity index (χ2v) is 2.94. The van der Waals surface area contributed by atoms with E-state index in [2.05, 4.69) is 5.32 Å². The Bertz CT molecular complexity index is 380. The summed E-state index contributed by atoms with van der Waals surface area (Å²) in [5.41, 5.74) is 0.227. The number of nitrogens with one attached hydrogen (secondary N) is 1. The van der Waals surface area contributed by atoms with Crippen LogP contribution >= 0.6 is 0 Å². The Hall–Kier alpha value is -1.78. The number of aliphatic carboxylic acids is 1. The van der Waals surface area contributed by atoms with Crippen molar-refractivity contribution in [3.05, 3.63) is 24.0 Å². The average Bonchev–Trinajstić information content (AvgIpc) is 2.17. The van der Waals surface area contributed by atoms with Crippen LogP contribution < -0.4 is 10.1 Å². The highest BCUT2D eigenvalue weighted by Gasteiger charge is 2.26. The largest absolute Gasteiger partial charge is 0.478 e. The summed E-state index contributed by atoms with van der Waals surface area (Å²) in [6.45, 7) is 0.0727. The van der Waals surface area contributed by atoms with E-state index in [9.17, 15) is 9.18 Å². The summed E-state index contributed by atoms with van der Waals surface area (Å²) >= 11 is 0. The molecule has 2 rings (SSSR count). The van der Waals surface area contributed by atoms with Crippen molar-refractivity contribution in [2.75, 3.05) is 11.9 Å². The summed E-state index contributed by atoms with van der Waals surface area (Å²) in [6, 6.07) is 4.29. The van der Waals surface area contributed by atoms with Gasteiger partial charge in [0.05, 0.1) is 6.54 Å². The van der Waals surface area contributed by atoms with Gasteiger partial charge in [-0.05, 0) is 12.1 Å². The van der Waals surface area contributed by atoms with Crippen LogP contribution in [0.15, 0.2) is 18.2 Å². The molecule has 74 valence electrons. The van der Waals surface area contributed by atoms with Gasteiger partial charge in [0.1, 0.15) is 17.3 Å². The number of hydrogen-bond acceptors (Lipinski definition) is 3. The van der Waals surface area contributed by atoms with E-state index in [0.717, 1.165) is 0 Å². The third-order valence-electron chi connectivity index (χ3n) is 1.98. The van der Waals surface area contributed by atoms with E-state index < -0.39 is 17.9 Å². The lowest BCUT2D eigenvalue weighted by Gasteiger charge is -2.24. The first kappa shape index (κ1) is 8.80. The molecular formula is C9H8FNO3. The minimum atomic E-state index is -1.06. The Kier molecular flexibility index (Phi) is 1.99. The molecule has 5 heteroatoms. The van der Waals surface area contributed by atoms with E-state index in [-0.39, 0.29) is 18.0 Å². The second kappa shape index (κ2) is 3.17. The molecule has 0 fully saturated rings. The van der Waals surface area contributed by atoms with Crippen molar-refractivity contribution in [1.29, 1.82) is 0 Å². The highest BCUT2D eigenvalue weighted by atomic mass is 19.1. The number of fused-ring (bicyclic) bond motifs is 1. The van der Waals surface area contributed by atoms with Crippen molar-refractivity contribution in [1.82, 2.24) is 0 Å². The molecule has 4 nitrogen and oxygen atoms in total. The smallest absolute Gasteiger partial charge is 0.346 e. The fourth-order valence-corrected chi connectivity index (χ4v) is 1.30. The number of halogens is 1. The number of carboxylic acids is 1. The molecule has 0 radical (unpaired) electrons. The van der Waals surface area contributed by atoms with Gasteiger partial charge in [-0.25, -0.2) is 9.18 Å². The number of carbonyl (C=O) groups is 1. The third-order valence-corrected chi connectivity index (χ3v) is 1.98. The van der Waals surface area contributed by atoms with Crippen LogP contribution in [0.4, 0.5) is 10.1 Å². The molecule has 2 N–H and O–H groups in total. The number of rotatable bonds is 1. The van der Waals surface area contributed by atoms with Crippen molar-refractivity contribution >= 4 is 11.7 Å². The maximum absolute atomic E-state index is 13.1. The first-order valence-electron chi connectivity index (χ1n) is 4.10. The van der Waals surface area contributed by atoms with Gasteiger partial charge in [-0.15, -0.1) is 0 Å². The normalized spacial score (nSPS) is 19.1. The first-order valence-corrected chi connectivity index (χ1v) is 4.10. The molecule has 0 aromatic heterocycles. The minimum Gasteiger partial charge on any atom is -0.478 e. The molecule has 1 heterocycles. The molecule has 0 bridgehead atoms. The van der Waals surface area contributed by atoms with Crippen LogP contribution in [0, 0.1) is 5.82 Å². The minimum absolute atomic E-state index is 0.0727. The molecule has 1 aliphatic rings. The summed E-state index contributed by atoms with van der Waals surface area (Å²) in [7, 11) is 0. The van der Waals surface area contributed by atoms with Gasteiger partial charge >= 0.3 is 5.97 Å². The molecule has 14 heavy (non-hydrogen) atoms. The van der Waals surface area contributed by atoms with E-state index in [1.807, 2.05) is 0 Å². The Morgan fingerprint density at radius 3 is 3.14 bits per heavy atom. The van der Waals surface area contributed by atoms with Crippen molar-refractivity contribution < 1.29 is 19.0 Å². The SMILES string of the molecule is O=C(O)C1CNc2c(F)cccc2O1. The van der Waals surface area contributed by atoms with E-state index in [0.29, 0.717) is 0 Å². The Labute approximate surface area is 79.3 Å². The van der Waals surface area contributed by atoms with E-state index in [4.69, 9.17) is 9.84 Å². The van der Waals surface area contributed by atoms with Crippen LogP contribution in [-0.2, 0) is 4.79 Å². The molecule has 0 saturated heterocycles. The highest BCUT2D eigenvalue weighted by Crippen LogP contribution is 2.31. The molecule has 1 aromatic rings. The summed E-state index contributed by atoms with van der Waals surface area (Å²) in [5, 5.41) is 11.4. The molecular weight excluding hydrogens is 189 g/mol. The van der Waals surface area contributed by atoms with E-state index in [1.54, 1.807) is 0 Å². The lowest BCUT2D eigenvalue weighted by Crippen LogP contribution is -2.37. The topological polar surface area (TPSA) is 58.6 Å². The van der Waals surface area contributed by atoms with Crippen molar-refractivity contribution in [2.45, 2.75) is 6.10 Å². The quantitative estimate of drug-likeness (QED) is 0.707. The lowest BCUT2D eigenvalue weighted by atomic mass is 10.2. The lowest BCUT2D eigenvalue weighted by molar-refractivity contribution is -0.144. The molecule has 0 saturated carbocycles. The molecule has 1 aliphatic heterocycles. The van der Waals surface area contributed by atoms with Crippen LogP contribution in [0.3, 0.4) is 0 Å². The molecule has 1 aromatic carbocycles. The summed E-state index contributed by atoms with van der Waals surface area (Å²) < 4.78 is 18.2. The Morgan fingerprint density at radius 1 is 1.64 bits per heavy atom. The molecule has 0 spiro atoms. The average molecular weight is 197 g/mol. The predicted octanol–water partition coefficient (Wildman–Crippen LogP) is 1.08. The highest BCUT2D eigenvalue weighted by molar-refractivity contribution is 5.75. The van der Waals surface area contributed by atoms with Gasteiger partial charge in [0.15, 0.2) is 0 Å². The maximum Gasteiger partial charge on any atom is 0.346 e.